The molecule has 0 aliphatic carbocycles. The zero-order valence-electron chi connectivity index (χ0n) is 16.3. The summed E-state index contributed by atoms with van der Waals surface area (Å²) < 4.78 is 42.8. The standard InChI is InChI=1S/C20H20FN5O3S/c1-24-14-18(19(23-24)16-5-3-7-22-13-16)30(28,29)26-10-8-25(9-11-26)20(27)15-4-2-6-17(21)12-15/h2-7,12-14H,8-11H2,1H3. The maximum atomic E-state index is 13.4. The van der Waals surface area contributed by atoms with Gasteiger partial charge in [0.15, 0.2) is 0 Å². The van der Waals surface area contributed by atoms with Gasteiger partial charge in [0, 0.05) is 62.9 Å². The van der Waals surface area contributed by atoms with Crippen LogP contribution < -0.4 is 0 Å². The number of carbonyl (C=O) groups excluding carboxylic acids is 1. The Hall–Kier alpha value is -3.11. The Kier molecular flexibility index (Phi) is 5.35. The van der Waals surface area contributed by atoms with Crippen LogP contribution in [0.3, 0.4) is 0 Å². The van der Waals surface area contributed by atoms with Gasteiger partial charge in [-0.1, -0.05) is 6.07 Å². The summed E-state index contributed by atoms with van der Waals surface area (Å²) in [7, 11) is -2.16. The van der Waals surface area contributed by atoms with Gasteiger partial charge < -0.3 is 4.90 Å². The number of sulfonamides is 1. The number of piperazine rings is 1. The maximum absolute atomic E-state index is 13.4. The Morgan fingerprint density at radius 1 is 1.10 bits per heavy atom. The summed E-state index contributed by atoms with van der Waals surface area (Å²) in [4.78, 5) is 18.3. The van der Waals surface area contributed by atoms with Gasteiger partial charge in [0.2, 0.25) is 10.0 Å². The van der Waals surface area contributed by atoms with Gasteiger partial charge in [0.1, 0.15) is 16.4 Å². The predicted octanol–water partition coefficient (Wildman–Crippen LogP) is 1.77. The second-order valence-electron chi connectivity index (χ2n) is 6.96. The fourth-order valence-corrected chi connectivity index (χ4v) is 5.04. The van der Waals surface area contributed by atoms with Gasteiger partial charge in [-0.2, -0.15) is 9.40 Å². The van der Waals surface area contributed by atoms with Crippen molar-refractivity contribution in [2.75, 3.05) is 26.2 Å². The first-order chi connectivity index (χ1) is 14.4. The maximum Gasteiger partial charge on any atom is 0.254 e. The van der Waals surface area contributed by atoms with Crippen LogP contribution in [0.15, 0.2) is 59.9 Å². The van der Waals surface area contributed by atoms with Crippen LogP contribution in [0.5, 0.6) is 0 Å². The molecule has 1 saturated heterocycles. The van der Waals surface area contributed by atoms with Gasteiger partial charge in [0.25, 0.3) is 5.91 Å². The molecule has 8 nitrogen and oxygen atoms in total. The van der Waals surface area contributed by atoms with E-state index in [2.05, 4.69) is 10.1 Å². The molecule has 30 heavy (non-hydrogen) atoms. The monoisotopic (exact) mass is 429 g/mol. The van der Waals surface area contributed by atoms with Crippen LogP contribution >= 0.6 is 0 Å². The van der Waals surface area contributed by atoms with Gasteiger partial charge in [-0.25, -0.2) is 12.8 Å². The molecular weight excluding hydrogens is 409 g/mol. The number of benzene rings is 1. The van der Waals surface area contributed by atoms with Crippen molar-refractivity contribution in [2.45, 2.75) is 4.90 Å². The molecule has 0 bridgehead atoms. The molecule has 1 amide bonds. The van der Waals surface area contributed by atoms with Crippen molar-refractivity contribution in [3.05, 3.63) is 66.4 Å². The van der Waals surface area contributed by atoms with Gasteiger partial charge in [-0.05, 0) is 30.3 Å². The second-order valence-corrected chi connectivity index (χ2v) is 8.87. The zero-order valence-corrected chi connectivity index (χ0v) is 17.1. The molecule has 3 heterocycles. The molecule has 1 fully saturated rings. The molecule has 10 heteroatoms. The minimum atomic E-state index is -3.82. The molecule has 0 spiro atoms. The van der Waals surface area contributed by atoms with E-state index in [1.165, 1.54) is 38.3 Å². The summed E-state index contributed by atoms with van der Waals surface area (Å²) in [5.74, 6) is -0.800. The second kappa shape index (κ2) is 7.96. The normalized spacial score (nSPS) is 15.3. The minimum Gasteiger partial charge on any atom is -0.336 e. The summed E-state index contributed by atoms with van der Waals surface area (Å²) >= 11 is 0. The van der Waals surface area contributed by atoms with Gasteiger partial charge in [0.05, 0.1) is 0 Å². The Bertz CT molecular complexity index is 1170. The molecule has 3 aromatic rings. The highest BCUT2D eigenvalue weighted by molar-refractivity contribution is 7.89. The van der Waals surface area contributed by atoms with Crippen LogP contribution in [-0.4, -0.2) is 64.5 Å². The van der Waals surface area contributed by atoms with Crippen molar-refractivity contribution < 1.29 is 17.6 Å². The van der Waals surface area contributed by atoms with Crippen molar-refractivity contribution in [1.82, 2.24) is 24.0 Å². The highest BCUT2D eigenvalue weighted by Gasteiger charge is 2.33. The molecule has 1 aromatic carbocycles. The van der Waals surface area contributed by atoms with E-state index in [-0.39, 0.29) is 42.5 Å². The third kappa shape index (κ3) is 3.83. The van der Waals surface area contributed by atoms with Crippen LogP contribution in [0.4, 0.5) is 4.39 Å². The number of hydrogen-bond acceptors (Lipinski definition) is 5. The zero-order chi connectivity index (χ0) is 21.3. The van der Waals surface area contributed by atoms with Crippen LogP contribution in [0, 0.1) is 5.82 Å². The summed E-state index contributed by atoms with van der Waals surface area (Å²) in [5, 5.41) is 4.30. The van der Waals surface area contributed by atoms with E-state index in [4.69, 9.17) is 0 Å². The molecule has 4 rings (SSSR count). The number of halogens is 1. The van der Waals surface area contributed by atoms with E-state index >= 15 is 0 Å². The van der Waals surface area contributed by atoms with Gasteiger partial charge in [-0.15, -0.1) is 0 Å². The first-order valence-electron chi connectivity index (χ1n) is 9.35. The number of amides is 1. The lowest BCUT2D eigenvalue weighted by atomic mass is 10.2. The first-order valence-corrected chi connectivity index (χ1v) is 10.8. The molecule has 1 aliphatic rings. The van der Waals surface area contributed by atoms with E-state index in [0.717, 1.165) is 0 Å². The Morgan fingerprint density at radius 2 is 1.87 bits per heavy atom. The lowest BCUT2D eigenvalue weighted by Crippen LogP contribution is -2.50. The fourth-order valence-electron chi connectivity index (χ4n) is 3.43. The molecule has 0 saturated carbocycles. The lowest BCUT2D eigenvalue weighted by molar-refractivity contribution is 0.0697. The summed E-state index contributed by atoms with van der Waals surface area (Å²) in [6.45, 7) is 0.726. The van der Waals surface area contributed by atoms with Crippen molar-refractivity contribution >= 4 is 15.9 Å². The van der Waals surface area contributed by atoms with E-state index in [1.54, 1.807) is 37.6 Å². The van der Waals surface area contributed by atoms with Crippen molar-refractivity contribution in [1.29, 1.82) is 0 Å². The number of nitrogens with zero attached hydrogens (tertiary/aromatic N) is 5. The summed E-state index contributed by atoms with van der Waals surface area (Å²) in [6, 6.07) is 8.95. The molecule has 0 unspecified atom stereocenters. The van der Waals surface area contributed by atoms with Crippen molar-refractivity contribution in [3.63, 3.8) is 0 Å². The van der Waals surface area contributed by atoms with Crippen molar-refractivity contribution in [2.24, 2.45) is 7.05 Å². The third-order valence-electron chi connectivity index (χ3n) is 4.95. The largest absolute Gasteiger partial charge is 0.336 e. The van der Waals surface area contributed by atoms with E-state index < -0.39 is 15.8 Å². The highest BCUT2D eigenvalue weighted by Crippen LogP contribution is 2.28. The molecule has 0 atom stereocenters. The number of aromatic nitrogens is 3. The van der Waals surface area contributed by atoms with Crippen LogP contribution in [0.25, 0.3) is 11.3 Å². The first kappa shape index (κ1) is 20.2. The SMILES string of the molecule is Cn1cc(S(=O)(=O)N2CCN(C(=O)c3cccc(F)c3)CC2)c(-c2cccnc2)n1. The quantitative estimate of drug-likeness (QED) is 0.631. The molecule has 156 valence electrons. The van der Waals surface area contributed by atoms with Crippen LogP contribution in [-0.2, 0) is 17.1 Å². The van der Waals surface area contributed by atoms with Crippen molar-refractivity contribution in [3.8, 4) is 11.3 Å². The topological polar surface area (TPSA) is 88.4 Å². The Balaban J connectivity index is 1.53. The smallest absolute Gasteiger partial charge is 0.254 e. The van der Waals surface area contributed by atoms with Crippen LogP contribution in [0.1, 0.15) is 10.4 Å². The Labute approximate surface area is 173 Å². The summed E-state index contributed by atoms with van der Waals surface area (Å²) in [5.41, 5.74) is 1.19. The number of pyridine rings is 1. The minimum absolute atomic E-state index is 0.0999. The third-order valence-corrected chi connectivity index (χ3v) is 6.84. The molecule has 1 aliphatic heterocycles. The van der Waals surface area contributed by atoms with Crippen LogP contribution in [0.2, 0.25) is 0 Å². The van der Waals surface area contributed by atoms with Gasteiger partial charge >= 0.3 is 0 Å². The number of aryl methyl sites for hydroxylation is 1. The number of rotatable bonds is 4. The molecule has 0 radical (unpaired) electrons. The summed E-state index contributed by atoms with van der Waals surface area (Å²) in [6.07, 6.45) is 4.65. The Morgan fingerprint density at radius 3 is 2.53 bits per heavy atom. The average Bonchev–Trinajstić information content (AvgIpc) is 3.16. The van der Waals surface area contributed by atoms with E-state index in [1.807, 2.05) is 0 Å². The average molecular weight is 429 g/mol. The molecule has 0 N–H and O–H groups in total. The highest BCUT2D eigenvalue weighted by atomic mass is 32.2. The predicted molar refractivity (Wildman–Crippen MR) is 108 cm³/mol. The van der Waals surface area contributed by atoms with E-state index in [9.17, 15) is 17.6 Å². The lowest BCUT2D eigenvalue weighted by Gasteiger charge is -2.34. The van der Waals surface area contributed by atoms with E-state index in [0.29, 0.717) is 11.3 Å². The van der Waals surface area contributed by atoms with Gasteiger partial charge in [-0.3, -0.25) is 14.5 Å². The number of carbonyl (C=O) groups is 1. The molecular formula is C20H20FN5O3S. The molecule has 2 aromatic heterocycles. The fraction of sp³-hybridized carbons (Fsp3) is 0.250. The number of hydrogen-bond donors (Lipinski definition) is 0.